The lowest BCUT2D eigenvalue weighted by Crippen LogP contribution is -2.47. The third kappa shape index (κ3) is 69.6. The highest BCUT2D eigenvalue weighted by Gasteiger charge is 2.27. The van der Waals surface area contributed by atoms with Crippen LogP contribution in [0.25, 0.3) is 0 Å². The highest BCUT2D eigenvalue weighted by atomic mass is 31.2. The van der Waals surface area contributed by atoms with Crippen LogP contribution < -0.4 is 10.2 Å². The summed E-state index contributed by atoms with van der Waals surface area (Å²) < 4.78 is 30.5. The average molecular weight is 1270 g/mol. The number of carbonyl (C=O) groups excluding carboxylic acids is 2. The number of likely N-dealkylation sites (N-methyl/N-ethyl adjacent to an activating group) is 1. The Morgan fingerprint density at radius 2 is 0.685 bits per heavy atom. The maximum atomic E-state index is 13.6. The van der Waals surface area contributed by atoms with Gasteiger partial charge in [0, 0.05) is 12.8 Å². The molecule has 520 valence electrons. The van der Waals surface area contributed by atoms with E-state index in [0.717, 1.165) is 77.0 Å². The summed E-state index contributed by atoms with van der Waals surface area (Å²) in [7, 11) is 1.19. The number of phosphoric ester groups is 1. The minimum Gasteiger partial charge on any atom is -0.756 e. The third-order valence-electron chi connectivity index (χ3n) is 17.1. The molecule has 0 fully saturated rings. The highest BCUT2D eigenvalue weighted by Crippen LogP contribution is 2.38. The number of hydrogen-bond donors (Lipinski definition) is 1. The predicted octanol–water partition coefficient (Wildman–Crippen LogP) is 24.1. The summed E-state index contributed by atoms with van der Waals surface area (Å²) >= 11 is 0. The Morgan fingerprint density at radius 3 is 1.04 bits per heavy atom. The molecule has 9 nitrogen and oxygen atoms in total. The second-order valence-electron chi connectivity index (χ2n) is 27.1. The van der Waals surface area contributed by atoms with E-state index in [1.54, 1.807) is 0 Å². The van der Waals surface area contributed by atoms with Crippen LogP contribution in [0.15, 0.2) is 72.9 Å². The number of phosphoric acid groups is 1. The van der Waals surface area contributed by atoms with Gasteiger partial charge < -0.3 is 28.5 Å². The largest absolute Gasteiger partial charge is 0.756 e. The van der Waals surface area contributed by atoms with Crippen LogP contribution in [0.3, 0.4) is 0 Å². The van der Waals surface area contributed by atoms with Gasteiger partial charge in [-0.2, -0.15) is 0 Å². The molecule has 0 aliphatic carbocycles. The van der Waals surface area contributed by atoms with E-state index < -0.39 is 20.0 Å². The van der Waals surface area contributed by atoms with Gasteiger partial charge in [-0.05, 0) is 102 Å². The molecule has 10 heteroatoms. The van der Waals surface area contributed by atoms with E-state index in [1.165, 1.54) is 257 Å². The molecular formula is C79H147N2O7P. The topological polar surface area (TPSA) is 114 Å². The summed E-state index contributed by atoms with van der Waals surface area (Å²) in [6.07, 6.45) is 90.3. The summed E-state index contributed by atoms with van der Waals surface area (Å²) in [6, 6.07) is -0.892. The van der Waals surface area contributed by atoms with Crippen molar-refractivity contribution in [2.75, 3.05) is 40.9 Å². The molecule has 0 saturated heterocycles. The zero-order valence-corrected chi connectivity index (χ0v) is 60.5. The summed E-state index contributed by atoms with van der Waals surface area (Å²) in [6.45, 7) is 6.84. The first-order valence-electron chi connectivity index (χ1n) is 38.2. The molecule has 0 radical (unpaired) electrons. The van der Waals surface area contributed by atoms with E-state index >= 15 is 0 Å². The van der Waals surface area contributed by atoms with Crippen LogP contribution in [0.4, 0.5) is 0 Å². The average Bonchev–Trinajstić information content (AvgIpc) is 3.67. The van der Waals surface area contributed by atoms with Crippen LogP contribution in [-0.4, -0.2) is 69.4 Å². The number of amides is 1. The first-order chi connectivity index (χ1) is 43.4. The molecule has 1 amide bonds. The van der Waals surface area contributed by atoms with Crippen molar-refractivity contribution in [2.24, 2.45) is 0 Å². The Bertz CT molecular complexity index is 1750. The Morgan fingerprint density at radius 1 is 0.393 bits per heavy atom. The fourth-order valence-corrected chi connectivity index (χ4v) is 11.9. The Kier molecular flexibility index (Phi) is 66.4. The number of ether oxygens (including phenoxy) is 1. The van der Waals surface area contributed by atoms with Gasteiger partial charge in [0.15, 0.2) is 0 Å². The molecule has 0 aromatic rings. The van der Waals surface area contributed by atoms with Gasteiger partial charge in [-0.3, -0.25) is 14.2 Å². The minimum atomic E-state index is -4.71. The number of nitrogens with one attached hydrogen (secondary N) is 1. The Hall–Kier alpha value is -2.55. The number of rotatable bonds is 70. The van der Waals surface area contributed by atoms with Gasteiger partial charge in [0.1, 0.15) is 19.3 Å². The molecule has 3 unspecified atom stereocenters. The molecule has 3 atom stereocenters. The van der Waals surface area contributed by atoms with Crippen molar-refractivity contribution in [1.82, 2.24) is 5.32 Å². The summed E-state index contributed by atoms with van der Waals surface area (Å²) in [5.74, 6) is -0.529. The molecule has 0 aliphatic heterocycles. The van der Waals surface area contributed by atoms with Crippen LogP contribution in [-0.2, 0) is 27.9 Å². The first-order valence-corrected chi connectivity index (χ1v) is 39.7. The van der Waals surface area contributed by atoms with Crippen LogP contribution in [0, 0.1) is 0 Å². The molecule has 1 N–H and O–H groups in total. The molecule has 0 spiro atoms. The normalized spacial score (nSPS) is 13.8. The quantitative estimate of drug-likeness (QED) is 0.0212. The lowest BCUT2D eigenvalue weighted by Gasteiger charge is -2.30. The fraction of sp³-hybridized carbons (Fsp3) is 0.823. The van der Waals surface area contributed by atoms with Crippen molar-refractivity contribution in [1.29, 1.82) is 0 Å². The van der Waals surface area contributed by atoms with Gasteiger partial charge in [0.25, 0.3) is 7.82 Å². The van der Waals surface area contributed by atoms with Gasteiger partial charge in [0.2, 0.25) is 5.91 Å². The van der Waals surface area contributed by atoms with Crippen LogP contribution in [0.1, 0.15) is 367 Å². The second kappa shape index (κ2) is 68.3. The van der Waals surface area contributed by atoms with Crippen molar-refractivity contribution >= 4 is 19.7 Å². The zero-order valence-electron chi connectivity index (χ0n) is 59.6. The lowest BCUT2D eigenvalue weighted by molar-refractivity contribution is -0.870. The van der Waals surface area contributed by atoms with Gasteiger partial charge in [-0.1, -0.05) is 325 Å². The van der Waals surface area contributed by atoms with E-state index in [4.69, 9.17) is 13.8 Å². The molecule has 0 bridgehead atoms. The van der Waals surface area contributed by atoms with Gasteiger partial charge in [0.05, 0.1) is 33.8 Å². The van der Waals surface area contributed by atoms with E-state index in [1.807, 2.05) is 33.3 Å². The predicted molar refractivity (Wildman–Crippen MR) is 385 cm³/mol. The number of unbranched alkanes of at least 4 members (excludes halogenated alkanes) is 44. The van der Waals surface area contributed by atoms with E-state index in [0.29, 0.717) is 17.4 Å². The molecule has 0 aromatic heterocycles. The van der Waals surface area contributed by atoms with Crippen molar-refractivity contribution in [2.45, 2.75) is 380 Å². The van der Waals surface area contributed by atoms with E-state index in [-0.39, 0.29) is 31.5 Å². The van der Waals surface area contributed by atoms with E-state index in [2.05, 4.69) is 86.8 Å². The minimum absolute atomic E-state index is 0.0229. The van der Waals surface area contributed by atoms with Gasteiger partial charge in [-0.25, -0.2) is 0 Å². The fourth-order valence-electron chi connectivity index (χ4n) is 11.2. The second-order valence-corrected chi connectivity index (χ2v) is 28.6. The maximum absolute atomic E-state index is 13.6. The number of hydrogen-bond acceptors (Lipinski definition) is 7. The van der Waals surface area contributed by atoms with Crippen LogP contribution in [0.2, 0.25) is 0 Å². The molecule has 0 aromatic carbocycles. The monoisotopic (exact) mass is 1270 g/mol. The zero-order chi connectivity index (χ0) is 64.9. The van der Waals surface area contributed by atoms with Crippen LogP contribution in [0.5, 0.6) is 0 Å². The first kappa shape index (κ1) is 86.5. The highest BCUT2D eigenvalue weighted by molar-refractivity contribution is 7.45. The van der Waals surface area contributed by atoms with Crippen molar-refractivity contribution in [3.8, 4) is 0 Å². The number of quaternary nitrogens is 1. The standard InChI is InChI=1S/C79H147N2O7P/c1-7-10-13-16-19-22-25-28-30-32-34-36-38-40-42-44-46-48-50-53-56-59-62-65-68-71-78(82)80-76(75-87-89(84,85)86-74-73-81(4,5)6)77(70-67-64-61-58-55-52-27-24-21-18-15-12-9-3)88-79(83)72-69-66-63-60-57-54-51-49-47-45-43-41-39-37-35-33-31-29-26-23-20-17-14-11-8-2/h19-20,22-23,28-31,34,36,67,70,76-77H,7-18,21,24-27,32-33,35,37-66,68-69,71-75H2,1-6H3,(H-,80,82,84,85)/b22-19-,23-20-,30-28-,31-29-,36-34-,70-67+. The Labute approximate surface area is 553 Å². The Balaban J connectivity index is 5.01. The summed E-state index contributed by atoms with van der Waals surface area (Å²) in [5, 5.41) is 3.05. The number of allylic oxidation sites excluding steroid dienone is 11. The van der Waals surface area contributed by atoms with Gasteiger partial charge >= 0.3 is 5.97 Å². The number of carbonyl (C=O) groups is 2. The molecule has 0 rings (SSSR count). The number of nitrogens with zero attached hydrogens (tertiary/aromatic N) is 1. The SMILES string of the molecule is CCCCC/C=C\C/C=C\C/C=C\CCCCCCCCCCCCCCC(=O)NC(COP(=O)([O-])OCC[N+](C)(C)C)C(/C=C/CCCCCCCCCCCCC)OC(=O)CCCCCCCCCCCCCCCCC/C=C\C/C=C\CCCCC. The molecule has 0 aliphatic rings. The van der Waals surface area contributed by atoms with Crippen molar-refractivity contribution in [3.63, 3.8) is 0 Å². The van der Waals surface area contributed by atoms with Crippen LogP contribution >= 0.6 is 7.82 Å². The van der Waals surface area contributed by atoms with E-state index in [9.17, 15) is 19.0 Å². The van der Waals surface area contributed by atoms with Gasteiger partial charge in [-0.15, -0.1) is 0 Å². The third-order valence-corrected chi connectivity index (χ3v) is 18.1. The number of esters is 1. The molecule has 89 heavy (non-hydrogen) atoms. The lowest BCUT2D eigenvalue weighted by atomic mass is 10.0. The molecular weight excluding hydrogens is 1120 g/mol. The van der Waals surface area contributed by atoms with Crippen molar-refractivity contribution in [3.05, 3.63) is 72.9 Å². The maximum Gasteiger partial charge on any atom is 0.306 e. The summed E-state index contributed by atoms with van der Waals surface area (Å²) in [4.78, 5) is 40.3. The molecule has 0 saturated carbocycles. The smallest absolute Gasteiger partial charge is 0.306 e. The summed E-state index contributed by atoms with van der Waals surface area (Å²) in [5.41, 5.74) is 0. The van der Waals surface area contributed by atoms with Crippen molar-refractivity contribution < 1.29 is 37.3 Å². The molecule has 0 heterocycles.